The highest BCUT2D eigenvalue weighted by atomic mass is 19.1. The van der Waals surface area contributed by atoms with Gasteiger partial charge in [0, 0.05) is 5.56 Å². The molecular formula is C12H6FN5O2. The molecular weight excluding hydrogens is 265 g/mol. The number of oxazole rings is 1. The van der Waals surface area contributed by atoms with Gasteiger partial charge in [-0.05, 0) is 12.1 Å². The summed E-state index contributed by atoms with van der Waals surface area (Å²) in [5, 5.41) is 6.52. The van der Waals surface area contributed by atoms with Crippen molar-refractivity contribution >= 4 is 22.3 Å². The average Bonchev–Trinajstić information content (AvgIpc) is 3.04. The van der Waals surface area contributed by atoms with Crippen molar-refractivity contribution in [3.8, 4) is 11.3 Å². The number of hydrogen-bond acceptors (Lipinski definition) is 5. The normalized spacial score (nSPS) is 11.4. The number of aromatic nitrogens is 5. The van der Waals surface area contributed by atoms with E-state index in [9.17, 15) is 9.18 Å². The van der Waals surface area contributed by atoms with Gasteiger partial charge in [0.2, 0.25) is 0 Å². The highest BCUT2D eigenvalue weighted by molar-refractivity contribution is 5.90. The van der Waals surface area contributed by atoms with Crippen molar-refractivity contribution in [2.45, 2.75) is 0 Å². The van der Waals surface area contributed by atoms with Crippen LogP contribution in [0.25, 0.3) is 33.5 Å². The smallest absolute Gasteiger partial charge is 0.407 e. The molecule has 98 valence electrons. The minimum absolute atomic E-state index is 0.0130. The van der Waals surface area contributed by atoms with Gasteiger partial charge in [0.25, 0.3) is 0 Å². The van der Waals surface area contributed by atoms with Crippen molar-refractivity contribution in [2.75, 3.05) is 0 Å². The van der Waals surface area contributed by atoms with E-state index in [2.05, 4.69) is 25.1 Å². The molecule has 0 aliphatic rings. The molecule has 4 aromatic rings. The van der Waals surface area contributed by atoms with Crippen LogP contribution in [-0.2, 0) is 0 Å². The largest absolute Gasteiger partial charge is 0.417 e. The van der Waals surface area contributed by atoms with Crippen LogP contribution in [0.2, 0.25) is 0 Å². The van der Waals surface area contributed by atoms with Gasteiger partial charge in [-0.25, -0.2) is 19.2 Å². The van der Waals surface area contributed by atoms with Gasteiger partial charge in [-0.15, -0.1) is 0 Å². The minimum atomic E-state index is -0.720. The zero-order valence-electron chi connectivity index (χ0n) is 9.85. The van der Waals surface area contributed by atoms with E-state index in [0.717, 1.165) is 0 Å². The molecule has 0 saturated heterocycles. The summed E-state index contributed by atoms with van der Waals surface area (Å²) in [6.45, 7) is 0. The molecule has 2 N–H and O–H groups in total. The molecule has 4 rings (SSSR count). The van der Waals surface area contributed by atoms with E-state index in [0.29, 0.717) is 22.4 Å². The van der Waals surface area contributed by atoms with Gasteiger partial charge in [-0.3, -0.25) is 10.1 Å². The molecule has 1 aromatic carbocycles. The second-order valence-corrected chi connectivity index (χ2v) is 4.17. The second-order valence-electron chi connectivity index (χ2n) is 4.17. The number of nitrogens with zero attached hydrogens (tertiary/aromatic N) is 3. The molecule has 0 amide bonds. The lowest BCUT2D eigenvalue weighted by molar-refractivity contribution is 0.556. The van der Waals surface area contributed by atoms with Crippen LogP contribution in [0.1, 0.15) is 0 Å². The van der Waals surface area contributed by atoms with Crippen LogP contribution in [0, 0.1) is 5.82 Å². The lowest BCUT2D eigenvalue weighted by Gasteiger charge is -2.01. The summed E-state index contributed by atoms with van der Waals surface area (Å²) in [6.07, 6.45) is 3.06. The molecule has 0 fully saturated rings. The molecule has 0 unspecified atom stereocenters. The number of aromatic amines is 2. The zero-order valence-corrected chi connectivity index (χ0v) is 9.85. The molecule has 7 nitrogen and oxygen atoms in total. The van der Waals surface area contributed by atoms with Gasteiger partial charge in [0.1, 0.15) is 11.0 Å². The number of fused-ring (bicyclic) bond motifs is 2. The summed E-state index contributed by atoms with van der Waals surface area (Å²) in [6, 6.07) is 2.72. The van der Waals surface area contributed by atoms with E-state index in [1.165, 1.54) is 18.3 Å². The minimum Gasteiger partial charge on any atom is -0.407 e. The van der Waals surface area contributed by atoms with Crippen LogP contribution >= 0.6 is 0 Å². The maximum absolute atomic E-state index is 13.6. The zero-order chi connectivity index (χ0) is 13.7. The third kappa shape index (κ3) is 1.44. The monoisotopic (exact) mass is 271 g/mol. The second kappa shape index (κ2) is 3.73. The van der Waals surface area contributed by atoms with Crippen LogP contribution in [0.3, 0.4) is 0 Å². The lowest BCUT2D eigenvalue weighted by atomic mass is 10.1. The molecule has 0 bridgehead atoms. The summed E-state index contributed by atoms with van der Waals surface area (Å²) in [5.74, 6) is -1.29. The fraction of sp³-hybridized carbons (Fsp3) is 0. The highest BCUT2D eigenvalue weighted by Crippen LogP contribution is 2.27. The quantitative estimate of drug-likeness (QED) is 0.547. The SMILES string of the molecule is O=c1[nH]c2c(F)ccc(-c3cnc4cn[nH]c4n3)c2o1. The molecule has 3 heterocycles. The predicted molar refractivity (Wildman–Crippen MR) is 67.5 cm³/mol. The van der Waals surface area contributed by atoms with Gasteiger partial charge in [0.05, 0.1) is 18.1 Å². The van der Waals surface area contributed by atoms with Crippen molar-refractivity contribution in [3.05, 3.63) is 40.9 Å². The van der Waals surface area contributed by atoms with Crippen LogP contribution in [0.4, 0.5) is 4.39 Å². The molecule has 0 spiro atoms. The number of nitrogens with one attached hydrogen (secondary N) is 2. The molecule has 0 aliphatic heterocycles. The third-order valence-corrected chi connectivity index (χ3v) is 2.96. The molecule has 0 saturated carbocycles. The van der Waals surface area contributed by atoms with Crippen LogP contribution in [0.5, 0.6) is 0 Å². The highest BCUT2D eigenvalue weighted by Gasteiger charge is 2.15. The maximum Gasteiger partial charge on any atom is 0.417 e. The first-order valence-electron chi connectivity index (χ1n) is 5.70. The topological polar surface area (TPSA) is 100 Å². The predicted octanol–water partition coefficient (Wildman–Crippen LogP) is 1.59. The van der Waals surface area contributed by atoms with Crippen molar-refractivity contribution in [3.63, 3.8) is 0 Å². The number of rotatable bonds is 1. The summed E-state index contributed by atoms with van der Waals surface area (Å²) < 4.78 is 18.6. The Labute approximate surface area is 109 Å². The van der Waals surface area contributed by atoms with Gasteiger partial charge in [-0.1, -0.05) is 0 Å². The van der Waals surface area contributed by atoms with Crippen LogP contribution in [-0.4, -0.2) is 25.1 Å². The van der Waals surface area contributed by atoms with Gasteiger partial charge >= 0.3 is 5.76 Å². The molecule has 0 atom stereocenters. The molecule has 0 radical (unpaired) electrons. The standard InChI is InChI=1S/C12H6FN5O2/c13-6-2-1-5(10-9(6)17-12(19)20-10)7-3-14-8-4-15-18-11(8)16-7/h1-4H,(H,17,19)(H,15,16,18). The fourth-order valence-electron chi connectivity index (χ4n) is 2.06. The van der Waals surface area contributed by atoms with Gasteiger partial charge in [-0.2, -0.15) is 5.10 Å². The van der Waals surface area contributed by atoms with E-state index < -0.39 is 11.6 Å². The van der Waals surface area contributed by atoms with E-state index in [1.54, 1.807) is 6.20 Å². The first kappa shape index (κ1) is 10.9. The number of benzene rings is 1. The Morgan fingerprint density at radius 2 is 2.15 bits per heavy atom. The summed E-state index contributed by atoms with van der Waals surface area (Å²) >= 11 is 0. The van der Waals surface area contributed by atoms with Crippen LogP contribution in [0.15, 0.2) is 33.7 Å². The number of H-pyrrole nitrogens is 2. The number of halogens is 1. The fourth-order valence-corrected chi connectivity index (χ4v) is 2.06. The van der Waals surface area contributed by atoms with E-state index in [1.807, 2.05) is 0 Å². The Morgan fingerprint density at radius 1 is 1.25 bits per heavy atom. The van der Waals surface area contributed by atoms with Gasteiger partial charge in [0.15, 0.2) is 17.0 Å². The van der Waals surface area contributed by atoms with Crippen molar-refractivity contribution in [1.29, 1.82) is 0 Å². The van der Waals surface area contributed by atoms with E-state index in [4.69, 9.17) is 4.42 Å². The van der Waals surface area contributed by atoms with Crippen LogP contribution < -0.4 is 5.76 Å². The summed E-state index contributed by atoms with van der Waals surface area (Å²) in [4.78, 5) is 22.0. The molecule has 3 aromatic heterocycles. The van der Waals surface area contributed by atoms with E-state index >= 15 is 0 Å². The van der Waals surface area contributed by atoms with Crippen molar-refractivity contribution < 1.29 is 8.81 Å². The first-order chi connectivity index (χ1) is 9.72. The molecule has 8 heteroatoms. The van der Waals surface area contributed by atoms with Gasteiger partial charge < -0.3 is 4.42 Å². The Kier molecular flexibility index (Phi) is 2.02. The maximum atomic E-state index is 13.6. The Balaban J connectivity index is 2.06. The summed E-state index contributed by atoms with van der Waals surface area (Å²) in [5.41, 5.74) is 2.17. The van der Waals surface area contributed by atoms with Crippen molar-refractivity contribution in [1.82, 2.24) is 25.1 Å². The Morgan fingerprint density at radius 3 is 3.05 bits per heavy atom. The summed E-state index contributed by atoms with van der Waals surface area (Å²) in [7, 11) is 0. The third-order valence-electron chi connectivity index (χ3n) is 2.96. The van der Waals surface area contributed by atoms with Crippen molar-refractivity contribution in [2.24, 2.45) is 0 Å². The molecule has 0 aliphatic carbocycles. The number of hydrogen-bond donors (Lipinski definition) is 2. The first-order valence-corrected chi connectivity index (χ1v) is 5.70. The lowest BCUT2D eigenvalue weighted by Crippen LogP contribution is -1.93. The Bertz CT molecular complexity index is 1000. The molecule has 20 heavy (non-hydrogen) atoms. The average molecular weight is 271 g/mol. The van der Waals surface area contributed by atoms with E-state index in [-0.39, 0.29) is 11.1 Å². The Hall–Kier alpha value is -3.03.